The van der Waals surface area contributed by atoms with Crippen molar-refractivity contribution in [2.45, 2.75) is 52.1 Å². The van der Waals surface area contributed by atoms with Crippen LogP contribution in [0.4, 0.5) is 5.69 Å². The Hall–Kier alpha value is -1.26. The van der Waals surface area contributed by atoms with E-state index in [0.29, 0.717) is 0 Å². The minimum Gasteiger partial charge on any atom is -0.484 e. The predicted molar refractivity (Wildman–Crippen MR) is 96.6 cm³/mol. The van der Waals surface area contributed by atoms with Gasteiger partial charge >= 0.3 is 0 Å². The highest BCUT2D eigenvalue weighted by Gasteiger charge is 2.25. The largest absolute Gasteiger partial charge is 0.484 e. The molecule has 0 unspecified atom stereocenters. The quantitative estimate of drug-likeness (QED) is 0.646. The number of anilines is 1. The van der Waals surface area contributed by atoms with Gasteiger partial charge in [0.2, 0.25) is 0 Å². The fraction of sp³-hybridized carbons (Fsp3) is 0.684. The highest BCUT2D eigenvalue weighted by Crippen LogP contribution is 2.33. The zero-order chi connectivity index (χ0) is 16.5. The number of rotatable bonds is 10. The van der Waals surface area contributed by atoms with Crippen LogP contribution in [0.3, 0.4) is 0 Å². The number of hydrogen-bond acceptors (Lipinski definition) is 4. The van der Waals surface area contributed by atoms with E-state index in [1.54, 1.807) is 0 Å². The summed E-state index contributed by atoms with van der Waals surface area (Å²) in [6.45, 7) is 11.0. The number of benzene rings is 1. The van der Waals surface area contributed by atoms with Crippen molar-refractivity contribution >= 4 is 5.69 Å². The summed E-state index contributed by atoms with van der Waals surface area (Å²) in [4.78, 5) is 0. The molecule has 2 N–H and O–H groups in total. The molecule has 4 nitrogen and oxygen atoms in total. The summed E-state index contributed by atoms with van der Waals surface area (Å²) in [6.07, 6.45) is 4.49. The molecule has 0 atom stereocenters. The molecule has 23 heavy (non-hydrogen) atoms. The van der Waals surface area contributed by atoms with Gasteiger partial charge in [0.1, 0.15) is 11.4 Å². The van der Waals surface area contributed by atoms with Gasteiger partial charge in [-0.3, -0.25) is 0 Å². The molecule has 2 rings (SSSR count). The van der Waals surface area contributed by atoms with Crippen LogP contribution in [0.1, 0.15) is 45.6 Å². The zero-order valence-corrected chi connectivity index (χ0v) is 14.9. The van der Waals surface area contributed by atoms with E-state index in [-0.39, 0.29) is 5.60 Å². The van der Waals surface area contributed by atoms with Gasteiger partial charge in [-0.05, 0) is 63.9 Å². The average molecular weight is 320 g/mol. The first kappa shape index (κ1) is 18.1. The van der Waals surface area contributed by atoms with Gasteiger partial charge in [0, 0.05) is 13.2 Å². The molecule has 0 amide bonds. The fourth-order valence-electron chi connectivity index (χ4n) is 2.61. The third-order valence-electron chi connectivity index (χ3n) is 4.01. The lowest BCUT2D eigenvalue weighted by atomic mass is 10.0. The van der Waals surface area contributed by atoms with Crippen LogP contribution >= 0.6 is 0 Å². The van der Waals surface area contributed by atoms with Crippen LogP contribution in [0.2, 0.25) is 0 Å². The third-order valence-corrected chi connectivity index (χ3v) is 4.01. The summed E-state index contributed by atoms with van der Waals surface area (Å²) in [7, 11) is 0. The van der Waals surface area contributed by atoms with E-state index in [1.807, 2.05) is 0 Å². The molecule has 4 heteroatoms. The Balaban J connectivity index is 1.62. The average Bonchev–Trinajstić information content (AvgIpc) is 2.53. The van der Waals surface area contributed by atoms with Crippen LogP contribution in [-0.4, -0.2) is 38.4 Å². The van der Waals surface area contributed by atoms with E-state index >= 15 is 0 Å². The Morgan fingerprint density at radius 1 is 1.22 bits per heavy atom. The van der Waals surface area contributed by atoms with Crippen molar-refractivity contribution in [2.75, 3.05) is 38.2 Å². The monoisotopic (exact) mass is 320 g/mol. The van der Waals surface area contributed by atoms with E-state index in [4.69, 9.17) is 9.47 Å². The molecule has 0 saturated carbocycles. The Morgan fingerprint density at radius 3 is 2.87 bits per heavy atom. The van der Waals surface area contributed by atoms with Crippen molar-refractivity contribution in [1.82, 2.24) is 5.32 Å². The molecular formula is C19H32N2O2. The molecule has 0 spiro atoms. The van der Waals surface area contributed by atoms with E-state index < -0.39 is 0 Å². The molecule has 0 fully saturated rings. The summed E-state index contributed by atoms with van der Waals surface area (Å²) in [5.74, 6) is 0.960. The lowest BCUT2D eigenvalue weighted by Gasteiger charge is -2.33. The number of ether oxygens (including phenoxy) is 2. The fourth-order valence-corrected chi connectivity index (χ4v) is 2.61. The highest BCUT2D eigenvalue weighted by molar-refractivity contribution is 5.60. The molecule has 0 aromatic heterocycles. The van der Waals surface area contributed by atoms with Crippen molar-refractivity contribution in [3.05, 3.63) is 23.8 Å². The van der Waals surface area contributed by atoms with Crippen LogP contribution in [0.5, 0.6) is 5.75 Å². The number of nitrogens with one attached hydrogen (secondary N) is 2. The Bertz CT molecular complexity index is 474. The van der Waals surface area contributed by atoms with Crippen LogP contribution in [-0.2, 0) is 11.2 Å². The van der Waals surface area contributed by atoms with Gasteiger partial charge in [0.05, 0.1) is 12.2 Å². The van der Waals surface area contributed by atoms with Crippen molar-refractivity contribution in [1.29, 1.82) is 0 Å². The number of unbranched alkanes of at least 4 members (excludes halogenated alkanes) is 1. The summed E-state index contributed by atoms with van der Waals surface area (Å²) in [6, 6.07) is 6.46. The van der Waals surface area contributed by atoms with Crippen LogP contribution in [0, 0.1) is 0 Å². The van der Waals surface area contributed by atoms with Crippen LogP contribution < -0.4 is 15.4 Å². The maximum Gasteiger partial charge on any atom is 0.143 e. The van der Waals surface area contributed by atoms with Crippen molar-refractivity contribution in [3.63, 3.8) is 0 Å². The Morgan fingerprint density at radius 2 is 2.04 bits per heavy atom. The normalized spacial score (nSPS) is 15.6. The van der Waals surface area contributed by atoms with Gasteiger partial charge < -0.3 is 20.1 Å². The van der Waals surface area contributed by atoms with E-state index in [9.17, 15) is 0 Å². The SMILES string of the molecule is CCCCOCCCNCCc1ccc2c(c1)NCC(C)(C)O2. The third kappa shape index (κ3) is 6.40. The lowest BCUT2D eigenvalue weighted by molar-refractivity contribution is 0.116. The van der Waals surface area contributed by atoms with E-state index in [0.717, 1.165) is 57.1 Å². The van der Waals surface area contributed by atoms with Crippen molar-refractivity contribution < 1.29 is 9.47 Å². The maximum atomic E-state index is 5.98. The summed E-state index contributed by atoms with van der Waals surface area (Å²) in [5.41, 5.74) is 2.33. The summed E-state index contributed by atoms with van der Waals surface area (Å²) < 4.78 is 11.5. The molecule has 1 aromatic carbocycles. The van der Waals surface area contributed by atoms with Gasteiger partial charge in [-0.15, -0.1) is 0 Å². The van der Waals surface area contributed by atoms with Gasteiger partial charge in [-0.2, -0.15) is 0 Å². The number of fused-ring (bicyclic) bond motifs is 1. The van der Waals surface area contributed by atoms with Crippen molar-refractivity contribution in [2.24, 2.45) is 0 Å². The summed E-state index contributed by atoms with van der Waals surface area (Å²) >= 11 is 0. The van der Waals surface area contributed by atoms with Gasteiger partial charge in [-0.1, -0.05) is 19.4 Å². The molecule has 0 bridgehead atoms. The molecule has 0 radical (unpaired) electrons. The molecule has 1 heterocycles. The van der Waals surface area contributed by atoms with Crippen LogP contribution in [0.25, 0.3) is 0 Å². The molecule has 130 valence electrons. The first-order chi connectivity index (χ1) is 11.1. The minimum atomic E-state index is -0.130. The summed E-state index contributed by atoms with van der Waals surface area (Å²) in [5, 5.41) is 6.95. The molecule has 0 saturated heterocycles. The van der Waals surface area contributed by atoms with Gasteiger partial charge in [-0.25, -0.2) is 0 Å². The minimum absolute atomic E-state index is 0.130. The van der Waals surface area contributed by atoms with Crippen molar-refractivity contribution in [3.8, 4) is 5.75 Å². The van der Waals surface area contributed by atoms with Crippen LogP contribution in [0.15, 0.2) is 18.2 Å². The Kier molecular flexibility index (Phi) is 7.18. The van der Waals surface area contributed by atoms with Gasteiger partial charge in [0.15, 0.2) is 0 Å². The molecule has 0 aliphatic carbocycles. The Labute approximate surface area is 140 Å². The standard InChI is InChI=1S/C19H32N2O2/c1-4-5-12-22-13-6-10-20-11-9-16-7-8-18-17(14-16)21-15-19(2,3)23-18/h7-8,14,20-21H,4-6,9-13,15H2,1-3H3. The first-order valence-corrected chi connectivity index (χ1v) is 8.95. The van der Waals surface area contributed by atoms with E-state index in [1.165, 1.54) is 18.4 Å². The lowest BCUT2D eigenvalue weighted by Crippen LogP contribution is -2.40. The first-order valence-electron chi connectivity index (χ1n) is 8.95. The molecular weight excluding hydrogens is 288 g/mol. The van der Waals surface area contributed by atoms with Gasteiger partial charge in [0.25, 0.3) is 0 Å². The second-order valence-corrected chi connectivity index (χ2v) is 6.87. The highest BCUT2D eigenvalue weighted by atomic mass is 16.5. The zero-order valence-electron chi connectivity index (χ0n) is 14.9. The maximum absolute atomic E-state index is 5.98. The van der Waals surface area contributed by atoms with E-state index in [2.05, 4.69) is 49.6 Å². The predicted octanol–water partition coefficient (Wildman–Crippen LogP) is 3.61. The number of hydrogen-bond donors (Lipinski definition) is 2. The molecule has 1 aliphatic rings. The smallest absolute Gasteiger partial charge is 0.143 e. The second kappa shape index (κ2) is 9.14. The second-order valence-electron chi connectivity index (χ2n) is 6.87. The topological polar surface area (TPSA) is 42.5 Å². The molecule has 1 aliphatic heterocycles. The molecule has 1 aromatic rings.